The SMILES string of the molecule is C/C=C1/C[C@H]2CC(C(=O)OC)(C(=O)OC)CC2=C2CC(C(=O)OC)(C(=O)OC)C[C@H]21. The molecule has 0 unspecified atom stereocenters. The van der Waals surface area contributed by atoms with Crippen LogP contribution in [0.2, 0.25) is 0 Å². The Balaban J connectivity index is 2.14. The quantitative estimate of drug-likeness (QED) is 0.295. The van der Waals surface area contributed by atoms with E-state index < -0.39 is 34.7 Å². The summed E-state index contributed by atoms with van der Waals surface area (Å²) in [6, 6.07) is 0. The third-order valence-electron chi connectivity index (χ3n) is 7.06. The molecular formula is C22H28O8. The number of hydrogen-bond donors (Lipinski definition) is 0. The summed E-state index contributed by atoms with van der Waals surface area (Å²) in [7, 11) is 5.01. The number of rotatable bonds is 4. The van der Waals surface area contributed by atoms with E-state index in [4.69, 9.17) is 18.9 Å². The van der Waals surface area contributed by atoms with Crippen molar-refractivity contribution in [2.75, 3.05) is 28.4 Å². The lowest BCUT2D eigenvalue weighted by Crippen LogP contribution is -2.39. The fourth-order valence-corrected chi connectivity index (χ4v) is 5.66. The number of fused-ring (bicyclic) bond motifs is 2. The second-order valence-corrected chi connectivity index (χ2v) is 8.26. The molecule has 164 valence electrons. The second kappa shape index (κ2) is 7.89. The summed E-state index contributed by atoms with van der Waals surface area (Å²) in [4.78, 5) is 50.7. The van der Waals surface area contributed by atoms with Crippen molar-refractivity contribution in [2.45, 2.75) is 39.0 Å². The first-order valence-electron chi connectivity index (χ1n) is 9.95. The second-order valence-electron chi connectivity index (χ2n) is 8.26. The van der Waals surface area contributed by atoms with Crippen molar-refractivity contribution in [1.82, 2.24) is 0 Å². The molecule has 8 nitrogen and oxygen atoms in total. The maximum Gasteiger partial charge on any atom is 0.323 e. The van der Waals surface area contributed by atoms with Gasteiger partial charge in [-0.2, -0.15) is 0 Å². The van der Waals surface area contributed by atoms with Crippen molar-refractivity contribution >= 4 is 23.9 Å². The zero-order valence-electron chi connectivity index (χ0n) is 18.0. The molecule has 0 aromatic rings. The van der Waals surface area contributed by atoms with Crippen LogP contribution in [0, 0.1) is 22.7 Å². The maximum absolute atomic E-state index is 12.7. The molecule has 0 N–H and O–H groups in total. The van der Waals surface area contributed by atoms with Crippen molar-refractivity contribution < 1.29 is 38.1 Å². The van der Waals surface area contributed by atoms with E-state index in [0.717, 1.165) is 16.7 Å². The van der Waals surface area contributed by atoms with E-state index in [1.165, 1.54) is 28.4 Å². The van der Waals surface area contributed by atoms with Crippen LogP contribution >= 0.6 is 0 Å². The van der Waals surface area contributed by atoms with Crippen LogP contribution < -0.4 is 0 Å². The molecule has 2 fully saturated rings. The van der Waals surface area contributed by atoms with Crippen molar-refractivity contribution in [3.8, 4) is 0 Å². The minimum absolute atomic E-state index is 0.0632. The van der Waals surface area contributed by atoms with Crippen molar-refractivity contribution in [1.29, 1.82) is 0 Å². The largest absolute Gasteiger partial charge is 0.468 e. The molecule has 0 bridgehead atoms. The van der Waals surface area contributed by atoms with Gasteiger partial charge >= 0.3 is 23.9 Å². The minimum atomic E-state index is -1.43. The van der Waals surface area contributed by atoms with Crippen molar-refractivity contribution in [3.05, 3.63) is 22.8 Å². The fourth-order valence-electron chi connectivity index (χ4n) is 5.66. The van der Waals surface area contributed by atoms with Gasteiger partial charge in [0.2, 0.25) is 0 Å². The molecule has 3 aliphatic rings. The van der Waals surface area contributed by atoms with Crippen LogP contribution in [-0.4, -0.2) is 52.3 Å². The van der Waals surface area contributed by atoms with Gasteiger partial charge in [-0.05, 0) is 44.9 Å². The lowest BCUT2D eigenvalue weighted by Gasteiger charge is -2.29. The predicted molar refractivity (Wildman–Crippen MR) is 104 cm³/mol. The van der Waals surface area contributed by atoms with Crippen molar-refractivity contribution in [3.63, 3.8) is 0 Å². The van der Waals surface area contributed by atoms with E-state index in [0.29, 0.717) is 6.42 Å². The highest BCUT2D eigenvalue weighted by Crippen LogP contribution is 2.61. The number of allylic oxidation sites excluding steroid dienone is 4. The standard InChI is InChI=1S/C22H28O8/c1-6-12-7-13-8-21(17(23)27-2,18(24)28-3)10-15(13)16-11-22(9-14(12)16,19(25)29-4)20(26)30-5/h6,13-14H,7-11H2,1-5H3/b12-6-/t13-,14-/m0/s1. The molecule has 3 aliphatic carbocycles. The third-order valence-corrected chi connectivity index (χ3v) is 7.06. The molecule has 0 spiro atoms. The first kappa shape index (κ1) is 22.1. The van der Waals surface area contributed by atoms with Gasteiger partial charge in [-0.3, -0.25) is 19.2 Å². The monoisotopic (exact) mass is 420 g/mol. The number of esters is 4. The summed E-state index contributed by atoms with van der Waals surface area (Å²) in [6.07, 6.45) is 3.48. The normalized spacial score (nSPS) is 27.2. The van der Waals surface area contributed by atoms with E-state index in [1.54, 1.807) is 0 Å². The summed E-state index contributed by atoms with van der Waals surface area (Å²) in [5.41, 5.74) is 0.104. The molecule has 0 amide bonds. The number of hydrogen-bond acceptors (Lipinski definition) is 8. The Hall–Kier alpha value is -2.64. The van der Waals surface area contributed by atoms with Crippen LogP contribution in [0.1, 0.15) is 39.0 Å². The number of carbonyl (C=O) groups excluding carboxylic acids is 4. The lowest BCUT2D eigenvalue weighted by atomic mass is 9.76. The van der Waals surface area contributed by atoms with Gasteiger partial charge in [0.05, 0.1) is 28.4 Å². The summed E-state index contributed by atoms with van der Waals surface area (Å²) < 4.78 is 19.9. The molecule has 2 saturated carbocycles. The smallest absolute Gasteiger partial charge is 0.323 e. The molecule has 0 aromatic heterocycles. The molecule has 8 heteroatoms. The fraction of sp³-hybridized carbons (Fsp3) is 0.636. The van der Waals surface area contributed by atoms with Crippen LogP contribution in [0.5, 0.6) is 0 Å². The van der Waals surface area contributed by atoms with Crippen molar-refractivity contribution in [2.24, 2.45) is 22.7 Å². The van der Waals surface area contributed by atoms with E-state index in [-0.39, 0.29) is 37.5 Å². The van der Waals surface area contributed by atoms with Gasteiger partial charge in [0.1, 0.15) is 0 Å². The van der Waals surface area contributed by atoms with Gasteiger partial charge in [-0.15, -0.1) is 0 Å². The molecular weight excluding hydrogens is 392 g/mol. The van der Waals surface area contributed by atoms with Gasteiger partial charge in [0.15, 0.2) is 10.8 Å². The summed E-state index contributed by atoms with van der Waals surface area (Å²) in [5, 5.41) is 0. The van der Waals surface area contributed by atoms with Gasteiger partial charge in [0, 0.05) is 5.92 Å². The zero-order valence-corrected chi connectivity index (χ0v) is 18.0. The summed E-state index contributed by atoms with van der Waals surface area (Å²) >= 11 is 0. The Kier molecular flexibility index (Phi) is 5.80. The first-order valence-corrected chi connectivity index (χ1v) is 9.95. The van der Waals surface area contributed by atoms with Gasteiger partial charge in [-0.1, -0.05) is 22.8 Å². The first-order chi connectivity index (χ1) is 14.2. The highest BCUT2D eigenvalue weighted by molar-refractivity contribution is 6.02. The molecule has 30 heavy (non-hydrogen) atoms. The topological polar surface area (TPSA) is 105 Å². The van der Waals surface area contributed by atoms with E-state index in [9.17, 15) is 19.2 Å². The Morgan fingerprint density at radius 1 is 0.767 bits per heavy atom. The summed E-state index contributed by atoms with van der Waals surface area (Å²) in [5.74, 6) is -2.71. The highest BCUT2D eigenvalue weighted by Gasteiger charge is 2.62. The average Bonchev–Trinajstić information content (AvgIpc) is 3.36. The minimum Gasteiger partial charge on any atom is -0.468 e. The Bertz CT molecular complexity index is 817. The van der Waals surface area contributed by atoms with Gasteiger partial charge < -0.3 is 18.9 Å². The molecule has 3 rings (SSSR count). The number of carbonyl (C=O) groups is 4. The molecule has 2 atom stereocenters. The van der Waals surface area contributed by atoms with Crippen LogP contribution in [0.25, 0.3) is 0 Å². The molecule has 0 radical (unpaired) electrons. The van der Waals surface area contributed by atoms with Gasteiger partial charge in [0.25, 0.3) is 0 Å². The van der Waals surface area contributed by atoms with E-state index in [2.05, 4.69) is 0 Å². The van der Waals surface area contributed by atoms with Gasteiger partial charge in [-0.25, -0.2) is 0 Å². The van der Waals surface area contributed by atoms with E-state index in [1.807, 2.05) is 13.0 Å². The molecule has 0 heterocycles. The lowest BCUT2D eigenvalue weighted by molar-refractivity contribution is -0.170. The van der Waals surface area contributed by atoms with Crippen LogP contribution in [-0.2, 0) is 38.1 Å². The van der Waals surface area contributed by atoms with Crippen LogP contribution in [0.3, 0.4) is 0 Å². The third kappa shape index (κ3) is 2.96. The Morgan fingerprint density at radius 3 is 1.63 bits per heavy atom. The zero-order chi connectivity index (χ0) is 22.3. The maximum atomic E-state index is 12.7. The predicted octanol–water partition coefficient (Wildman–Crippen LogP) is 2.12. The van der Waals surface area contributed by atoms with Crippen LogP contribution in [0.4, 0.5) is 0 Å². The van der Waals surface area contributed by atoms with Crippen LogP contribution in [0.15, 0.2) is 22.8 Å². The highest BCUT2D eigenvalue weighted by atomic mass is 16.6. The molecule has 0 saturated heterocycles. The number of methoxy groups -OCH3 is 4. The molecule has 0 aliphatic heterocycles. The number of ether oxygens (including phenoxy) is 4. The van der Waals surface area contributed by atoms with E-state index >= 15 is 0 Å². The summed E-state index contributed by atoms with van der Waals surface area (Å²) in [6.45, 7) is 1.91. The Morgan fingerprint density at radius 2 is 1.20 bits per heavy atom. The Labute approximate surface area is 175 Å². The molecule has 0 aromatic carbocycles. The average molecular weight is 420 g/mol.